The highest BCUT2D eigenvalue weighted by atomic mass is 31.1. The lowest BCUT2D eigenvalue weighted by Gasteiger charge is -2.20. The Bertz CT molecular complexity index is 53.7. The molecular formula is C4H10NOP. The van der Waals surface area contributed by atoms with Crippen LogP contribution in [0.2, 0.25) is 0 Å². The van der Waals surface area contributed by atoms with Crippen LogP contribution < -0.4 is 0 Å². The van der Waals surface area contributed by atoms with E-state index >= 15 is 0 Å². The molecule has 1 atom stereocenters. The molecule has 0 aromatic rings. The van der Waals surface area contributed by atoms with Gasteiger partial charge in [0.15, 0.2) is 0 Å². The fourth-order valence-corrected chi connectivity index (χ4v) is 1.36. The highest BCUT2D eigenvalue weighted by molar-refractivity contribution is 7.34. The summed E-state index contributed by atoms with van der Waals surface area (Å²) in [6.45, 7) is 0.920. The standard InChI is InChI=1S/C4H10NOP/c1-5-6-3-2-4-7-5/h7H,2-4H2,1H3. The molecule has 0 saturated carbocycles. The molecule has 1 aliphatic heterocycles. The van der Waals surface area contributed by atoms with E-state index in [1.54, 1.807) is 0 Å². The smallest absolute Gasteiger partial charge is 0.0692 e. The average Bonchev–Trinajstić information content (AvgIpc) is 1.69. The van der Waals surface area contributed by atoms with E-state index in [1.807, 2.05) is 11.9 Å². The maximum Gasteiger partial charge on any atom is 0.0692 e. The second-order valence-corrected chi connectivity index (χ2v) is 3.04. The van der Waals surface area contributed by atoms with Gasteiger partial charge in [-0.25, -0.2) is 0 Å². The van der Waals surface area contributed by atoms with E-state index in [0.717, 1.165) is 15.3 Å². The van der Waals surface area contributed by atoms with Gasteiger partial charge in [-0.1, -0.05) is 0 Å². The maximum atomic E-state index is 5.12. The Labute approximate surface area is 45.6 Å². The summed E-state index contributed by atoms with van der Waals surface area (Å²) in [7, 11) is 2.87. The summed E-state index contributed by atoms with van der Waals surface area (Å²) in [5.41, 5.74) is 0. The van der Waals surface area contributed by atoms with Crippen molar-refractivity contribution in [3.05, 3.63) is 0 Å². The molecule has 0 aromatic heterocycles. The molecule has 1 heterocycles. The van der Waals surface area contributed by atoms with Crippen LogP contribution in [0.3, 0.4) is 0 Å². The zero-order valence-corrected chi connectivity index (χ0v) is 5.48. The first-order valence-corrected chi connectivity index (χ1v) is 3.65. The molecule has 0 bridgehead atoms. The Hall–Kier alpha value is 0.350. The molecular weight excluding hydrogens is 109 g/mol. The van der Waals surface area contributed by atoms with Crippen molar-refractivity contribution < 1.29 is 4.84 Å². The van der Waals surface area contributed by atoms with Gasteiger partial charge in [0.05, 0.1) is 6.61 Å². The maximum absolute atomic E-state index is 5.12. The summed E-state index contributed by atoms with van der Waals surface area (Å²) in [6.07, 6.45) is 2.55. The zero-order valence-electron chi connectivity index (χ0n) is 4.48. The van der Waals surface area contributed by atoms with Gasteiger partial charge >= 0.3 is 0 Å². The molecule has 0 N–H and O–H groups in total. The number of rotatable bonds is 0. The molecule has 0 aliphatic carbocycles. The topological polar surface area (TPSA) is 12.5 Å². The number of hydroxylamine groups is 1. The molecule has 0 radical (unpaired) electrons. The first-order valence-electron chi connectivity index (χ1n) is 2.50. The van der Waals surface area contributed by atoms with Gasteiger partial charge < -0.3 is 0 Å². The second-order valence-electron chi connectivity index (χ2n) is 1.59. The van der Waals surface area contributed by atoms with E-state index < -0.39 is 0 Å². The van der Waals surface area contributed by atoms with Gasteiger partial charge in [0.1, 0.15) is 0 Å². The predicted molar refractivity (Wildman–Crippen MR) is 31.5 cm³/mol. The van der Waals surface area contributed by atoms with Crippen molar-refractivity contribution in [2.45, 2.75) is 6.42 Å². The summed E-state index contributed by atoms with van der Waals surface area (Å²) < 4.78 is 0. The minimum Gasteiger partial charge on any atom is -0.296 e. The molecule has 3 heteroatoms. The number of hydrogen-bond acceptors (Lipinski definition) is 2. The van der Waals surface area contributed by atoms with Crippen molar-refractivity contribution in [1.82, 2.24) is 4.83 Å². The van der Waals surface area contributed by atoms with E-state index in [9.17, 15) is 0 Å². The fourth-order valence-electron chi connectivity index (χ4n) is 0.556. The van der Waals surface area contributed by atoms with Gasteiger partial charge in [0.25, 0.3) is 0 Å². The van der Waals surface area contributed by atoms with Crippen LogP contribution in [0.15, 0.2) is 0 Å². The molecule has 0 aromatic carbocycles. The van der Waals surface area contributed by atoms with Gasteiger partial charge in [-0.05, 0) is 21.3 Å². The van der Waals surface area contributed by atoms with Crippen LogP contribution in [0.5, 0.6) is 0 Å². The lowest BCUT2D eigenvalue weighted by Crippen LogP contribution is -2.15. The number of nitrogens with zero attached hydrogens (tertiary/aromatic N) is 1. The first-order chi connectivity index (χ1) is 3.39. The zero-order chi connectivity index (χ0) is 5.11. The third kappa shape index (κ3) is 1.72. The van der Waals surface area contributed by atoms with E-state index in [0.29, 0.717) is 0 Å². The van der Waals surface area contributed by atoms with Crippen molar-refractivity contribution >= 4 is 8.73 Å². The average molecular weight is 119 g/mol. The molecule has 1 aliphatic rings. The van der Waals surface area contributed by atoms with Crippen LogP contribution in [-0.4, -0.2) is 24.7 Å². The molecule has 1 rings (SSSR count). The van der Waals surface area contributed by atoms with Crippen LogP contribution in [-0.2, 0) is 4.84 Å². The van der Waals surface area contributed by atoms with Crippen LogP contribution in [0, 0.1) is 0 Å². The quantitative estimate of drug-likeness (QED) is 0.438. The highest BCUT2D eigenvalue weighted by Crippen LogP contribution is 2.20. The van der Waals surface area contributed by atoms with Crippen molar-refractivity contribution in [3.8, 4) is 0 Å². The van der Waals surface area contributed by atoms with Gasteiger partial charge in [-0.2, -0.15) is 4.83 Å². The molecule has 1 fully saturated rings. The van der Waals surface area contributed by atoms with Gasteiger partial charge in [-0.3, -0.25) is 4.84 Å². The molecule has 42 valence electrons. The minimum atomic E-state index is 0.887. The Balaban J connectivity index is 2.12. The van der Waals surface area contributed by atoms with E-state index in [-0.39, 0.29) is 0 Å². The summed E-state index contributed by atoms with van der Waals surface area (Å²) in [5.74, 6) is 0. The normalized spacial score (nSPS) is 28.7. The largest absolute Gasteiger partial charge is 0.296 e. The summed E-state index contributed by atoms with van der Waals surface area (Å²) in [6, 6.07) is 0. The van der Waals surface area contributed by atoms with E-state index in [2.05, 4.69) is 0 Å². The molecule has 2 nitrogen and oxygen atoms in total. The predicted octanol–water partition coefficient (Wildman–Crippen LogP) is 0.847. The minimum absolute atomic E-state index is 0.887. The van der Waals surface area contributed by atoms with Gasteiger partial charge in [-0.15, -0.1) is 0 Å². The Morgan fingerprint density at radius 1 is 1.71 bits per heavy atom. The lowest BCUT2D eigenvalue weighted by molar-refractivity contribution is -0.0665. The summed E-state index contributed by atoms with van der Waals surface area (Å²) >= 11 is 0. The van der Waals surface area contributed by atoms with Crippen molar-refractivity contribution in [1.29, 1.82) is 0 Å². The fraction of sp³-hybridized carbons (Fsp3) is 1.00. The Morgan fingerprint density at radius 3 is 2.86 bits per heavy atom. The molecule has 0 amide bonds. The van der Waals surface area contributed by atoms with Crippen LogP contribution in [0.1, 0.15) is 6.42 Å². The SMILES string of the molecule is CN1OCCCP1. The van der Waals surface area contributed by atoms with Crippen molar-refractivity contribution in [2.75, 3.05) is 19.8 Å². The summed E-state index contributed by atoms with van der Waals surface area (Å²) in [5, 5.41) is 0. The molecule has 1 saturated heterocycles. The third-order valence-corrected chi connectivity index (χ3v) is 2.09. The monoisotopic (exact) mass is 119 g/mol. The van der Waals surface area contributed by atoms with Crippen molar-refractivity contribution in [2.24, 2.45) is 0 Å². The van der Waals surface area contributed by atoms with E-state index in [4.69, 9.17) is 4.84 Å². The second kappa shape index (κ2) is 2.61. The first kappa shape index (κ1) is 5.49. The van der Waals surface area contributed by atoms with Crippen LogP contribution >= 0.6 is 8.73 Å². The Kier molecular flexibility index (Phi) is 2.04. The van der Waals surface area contributed by atoms with Gasteiger partial charge in [0.2, 0.25) is 0 Å². The third-order valence-electron chi connectivity index (χ3n) is 0.941. The van der Waals surface area contributed by atoms with Crippen molar-refractivity contribution in [3.63, 3.8) is 0 Å². The molecule has 1 unspecified atom stereocenters. The van der Waals surface area contributed by atoms with Crippen LogP contribution in [0.4, 0.5) is 0 Å². The molecule has 7 heavy (non-hydrogen) atoms. The highest BCUT2D eigenvalue weighted by Gasteiger charge is 2.02. The lowest BCUT2D eigenvalue weighted by atomic mass is 10.5. The molecule has 0 spiro atoms. The van der Waals surface area contributed by atoms with E-state index in [1.165, 1.54) is 12.6 Å². The summed E-state index contributed by atoms with van der Waals surface area (Å²) in [4.78, 5) is 7.04. The number of hydrogen-bond donors (Lipinski definition) is 0. The van der Waals surface area contributed by atoms with Gasteiger partial charge in [0, 0.05) is 7.05 Å². The van der Waals surface area contributed by atoms with Crippen LogP contribution in [0.25, 0.3) is 0 Å². The Morgan fingerprint density at radius 2 is 2.57 bits per heavy atom.